The highest BCUT2D eigenvalue weighted by Crippen LogP contribution is 2.54. The lowest BCUT2D eigenvalue weighted by Crippen LogP contribution is -2.01. The van der Waals surface area contributed by atoms with Crippen molar-refractivity contribution in [1.82, 2.24) is 10.3 Å². The Morgan fingerprint density at radius 1 is 0.519 bits per heavy atom. The van der Waals surface area contributed by atoms with E-state index in [4.69, 9.17) is 13.4 Å². The molecule has 1 aliphatic heterocycles. The average Bonchev–Trinajstić information content (AvgIpc) is 4.03. The standard InChI is InChI=1S/C44H50N4OS3/c1-5-9-11-29(7-3)13-15-31-17-21-33(22-18-31)35-25-27-37(50-35)39-41-42(46-49-45-41)40(44-43(39)47-52-48-44)38-28-26-36(51-38)34-23-19-32(20-24-34)16-14-30(8-4)12-10-6-2/h17-30H,5-16H2,1-4H3. The molecule has 0 aliphatic carbocycles. The summed E-state index contributed by atoms with van der Waals surface area (Å²) in [7, 11) is 0. The molecule has 1 aliphatic rings. The fraction of sp³-hybridized carbons (Fsp3) is 0.409. The zero-order valence-corrected chi connectivity index (χ0v) is 33.4. The van der Waals surface area contributed by atoms with Gasteiger partial charge in [0.25, 0.3) is 0 Å². The van der Waals surface area contributed by atoms with Crippen molar-refractivity contribution in [2.75, 3.05) is 0 Å². The fourth-order valence-electron chi connectivity index (χ4n) is 7.48. The summed E-state index contributed by atoms with van der Waals surface area (Å²) in [5, 5.41) is 8.91. The molecule has 52 heavy (non-hydrogen) atoms. The number of hydrogen-bond acceptors (Lipinski definition) is 7. The number of rotatable bonds is 18. The summed E-state index contributed by atoms with van der Waals surface area (Å²) in [5.74, 6) is 1.65. The molecule has 270 valence electrons. The highest BCUT2D eigenvalue weighted by Gasteiger charge is 2.28. The monoisotopic (exact) mass is 746 g/mol. The molecule has 8 heteroatoms. The maximum Gasteiger partial charge on any atom is 0.146 e. The Morgan fingerprint density at radius 2 is 0.942 bits per heavy atom. The first-order valence-corrected chi connectivity index (χ1v) is 21.8. The Hall–Kier alpha value is -3.72. The first-order valence-electron chi connectivity index (χ1n) is 19.4. The molecule has 0 N–H and O–H groups in total. The van der Waals surface area contributed by atoms with E-state index in [1.807, 2.05) is 0 Å². The van der Waals surface area contributed by atoms with E-state index >= 15 is 0 Å². The van der Waals surface area contributed by atoms with Gasteiger partial charge in [0.15, 0.2) is 0 Å². The second-order valence-electron chi connectivity index (χ2n) is 14.3. The van der Waals surface area contributed by atoms with Crippen molar-refractivity contribution < 1.29 is 4.63 Å². The van der Waals surface area contributed by atoms with E-state index in [0.29, 0.717) is 0 Å². The number of hydrogen-bond donors (Lipinski definition) is 0. The molecule has 3 aromatic carbocycles. The van der Waals surface area contributed by atoms with E-state index in [1.54, 1.807) is 22.7 Å². The highest BCUT2D eigenvalue weighted by atomic mass is 32.1. The third kappa shape index (κ3) is 8.09. The van der Waals surface area contributed by atoms with Crippen molar-refractivity contribution in [1.29, 1.82) is 0 Å². The number of benzene rings is 3. The van der Waals surface area contributed by atoms with Crippen molar-refractivity contribution in [2.24, 2.45) is 20.6 Å². The molecule has 2 atom stereocenters. The number of nitrogens with zero attached hydrogens (tertiary/aromatic N) is 4. The van der Waals surface area contributed by atoms with E-state index in [2.05, 4.69) is 111 Å². The SMILES string of the molecule is CCCCC(CC)CCc1ccc(-c2ccc(-c3c4c(c(-c5ccc(-c6ccc(CCC(CC)CCCC)cc6)s5)c5nonc35)N=S=N4)s2)cc1. The lowest BCUT2D eigenvalue weighted by atomic mass is 9.92. The molecule has 0 radical (unpaired) electrons. The van der Waals surface area contributed by atoms with Crippen LogP contribution in [0, 0.1) is 11.8 Å². The lowest BCUT2D eigenvalue weighted by Gasteiger charge is -2.14. The predicted molar refractivity (Wildman–Crippen MR) is 224 cm³/mol. The van der Waals surface area contributed by atoms with E-state index in [1.165, 1.54) is 108 Å². The van der Waals surface area contributed by atoms with Gasteiger partial charge in [0.05, 0.1) is 22.5 Å². The van der Waals surface area contributed by atoms with Crippen molar-refractivity contribution in [3.63, 3.8) is 0 Å². The Morgan fingerprint density at radius 3 is 1.35 bits per heavy atom. The van der Waals surface area contributed by atoms with Crippen LogP contribution in [-0.4, -0.2) is 10.3 Å². The van der Waals surface area contributed by atoms with Crippen LogP contribution in [0.3, 0.4) is 0 Å². The molecule has 0 saturated heterocycles. The van der Waals surface area contributed by atoms with Gasteiger partial charge >= 0.3 is 0 Å². The lowest BCUT2D eigenvalue weighted by molar-refractivity contribution is 0.315. The van der Waals surface area contributed by atoms with E-state index < -0.39 is 0 Å². The molecule has 5 nitrogen and oxygen atoms in total. The minimum Gasteiger partial charge on any atom is -0.243 e. The molecule has 6 aromatic rings. The number of fused-ring (bicyclic) bond motifs is 2. The van der Waals surface area contributed by atoms with Crippen LogP contribution in [0.2, 0.25) is 0 Å². The Bertz CT molecular complexity index is 2000. The molecule has 0 saturated carbocycles. The van der Waals surface area contributed by atoms with Crippen LogP contribution in [0.15, 0.2) is 86.2 Å². The van der Waals surface area contributed by atoms with Crippen molar-refractivity contribution in [3.05, 3.63) is 83.9 Å². The van der Waals surface area contributed by atoms with Crippen LogP contribution in [0.25, 0.3) is 52.8 Å². The molecule has 4 heterocycles. The number of aryl methyl sites for hydroxylation is 2. The Kier molecular flexibility index (Phi) is 12.3. The van der Waals surface area contributed by atoms with Crippen LogP contribution < -0.4 is 0 Å². The smallest absolute Gasteiger partial charge is 0.146 e. The summed E-state index contributed by atoms with van der Waals surface area (Å²) < 4.78 is 15.1. The zero-order chi connectivity index (χ0) is 35.9. The maximum absolute atomic E-state index is 5.43. The van der Waals surface area contributed by atoms with E-state index in [-0.39, 0.29) is 0 Å². The minimum atomic E-state index is 0.733. The molecule has 0 bridgehead atoms. The molecular formula is C44H50N4OS3. The van der Waals surface area contributed by atoms with Gasteiger partial charge < -0.3 is 0 Å². The third-order valence-corrected chi connectivity index (χ3v) is 13.7. The van der Waals surface area contributed by atoms with Crippen molar-refractivity contribution in [2.45, 2.75) is 105 Å². The first-order chi connectivity index (χ1) is 25.6. The molecule has 3 aromatic heterocycles. The number of thiophene rings is 2. The number of unbranched alkanes of at least 4 members (excludes halogenated alkanes) is 2. The molecule has 0 amide bonds. The summed E-state index contributed by atoms with van der Waals surface area (Å²) in [6.07, 6.45) is 15.3. The molecular weight excluding hydrogens is 697 g/mol. The van der Waals surface area contributed by atoms with Gasteiger partial charge in [0.1, 0.15) is 22.4 Å². The topological polar surface area (TPSA) is 63.6 Å². The van der Waals surface area contributed by atoms with Gasteiger partial charge in [0.2, 0.25) is 0 Å². The van der Waals surface area contributed by atoms with Gasteiger partial charge in [0, 0.05) is 19.5 Å². The normalized spacial score (nSPS) is 13.5. The van der Waals surface area contributed by atoms with Gasteiger partial charge in [-0.1, -0.05) is 128 Å². The van der Waals surface area contributed by atoms with Crippen LogP contribution >= 0.6 is 22.7 Å². The third-order valence-electron chi connectivity index (χ3n) is 10.9. The van der Waals surface area contributed by atoms with Crippen LogP contribution in [0.4, 0.5) is 11.4 Å². The second kappa shape index (κ2) is 17.4. The molecule has 2 unspecified atom stereocenters. The highest BCUT2D eigenvalue weighted by molar-refractivity contribution is 7.58. The summed E-state index contributed by atoms with van der Waals surface area (Å²) in [6.45, 7) is 9.24. The quantitative estimate of drug-likeness (QED) is 0.0878. The zero-order valence-electron chi connectivity index (χ0n) is 31.0. The summed E-state index contributed by atoms with van der Waals surface area (Å²) >= 11 is 4.75. The molecule has 7 rings (SSSR count). The fourth-order valence-corrected chi connectivity index (χ4v) is 10.2. The minimum absolute atomic E-state index is 0.733. The van der Waals surface area contributed by atoms with E-state index in [9.17, 15) is 0 Å². The second-order valence-corrected chi connectivity index (χ2v) is 17.0. The Labute approximate surface area is 320 Å². The maximum atomic E-state index is 5.43. The predicted octanol–water partition coefficient (Wildman–Crippen LogP) is 15.0. The molecule has 0 spiro atoms. The largest absolute Gasteiger partial charge is 0.243 e. The van der Waals surface area contributed by atoms with Crippen LogP contribution in [-0.2, 0) is 24.2 Å². The summed E-state index contributed by atoms with van der Waals surface area (Å²) in [4.78, 5) is 4.62. The summed E-state index contributed by atoms with van der Waals surface area (Å²) in [6, 6.07) is 27.1. The van der Waals surface area contributed by atoms with E-state index in [0.717, 1.165) is 68.0 Å². The van der Waals surface area contributed by atoms with Crippen molar-refractivity contribution >= 4 is 56.4 Å². The van der Waals surface area contributed by atoms with Gasteiger partial charge in [-0.05, 0) is 94.4 Å². The van der Waals surface area contributed by atoms with Gasteiger partial charge in [-0.25, -0.2) is 4.63 Å². The van der Waals surface area contributed by atoms with Crippen LogP contribution in [0.5, 0.6) is 0 Å². The summed E-state index contributed by atoms with van der Waals surface area (Å²) in [5.41, 5.74) is 10.4. The van der Waals surface area contributed by atoms with Crippen LogP contribution in [0.1, 0.15) is 103 Å². The van der Waals surface area contributed by atoms with Gasteiger partial charge in [-0.3, -0.25) is 0 Å². The van der Waals surface area contributed by atoms with Gasteiger partial charge in [-0.2, -0.15) is 8.73 Å². The molecule has 0 fully saturated rings. The average molecular weight is 747 g/mol. The van der Waals surface area contributed by atoms with Gasteiger partial charge in [-0.15, -0.1) is 22.7 Å². The Balaban J connectivity index is 1.10. The first kappa shape index (κ1) is 36.6. The number of aromatic nitrogens is 2. The van der Waals surface area contributed by atoms with Crippen molar-refractivity contribution in [3.8, 4) is 41.8 Å².